The number of aromatic nitrogens is 1. The van der Waals surface area contributed by atoms with Crippen LogP contribution in [0.5, 0.6) is 0 Å². The zero-order valence-electron chi connectivity index (χ0n) is 14.7. The van der Waals surface area contributed by atoms with E-state index in [0.29, 0.717) is 11.6 Å². The third kappa shape index (κ3) is 3.46. The molecule has 1 amide bonds. The normalized spacial score (nSPS) is 17.1. The lowest BCUT2D eigenvalue weighted by atomic mass is 9.91. The van der Waals surface area contributed by atoms with Gasteiger partial charge in [-0.3, -0.25) is 10.1 Å². The Morgan fingerprint density at radius 2 is 2.12 bits per heavy atom. The quantitative estimate of drug-likeness (QED) is 0.744. The number of amides is 1. The van der Waals surface area contributed by atoms with Gasteiger partial charge in [0.2, 0.25) is 11.8 Å². The Labute approximate surface area is 147 Å². The second kappa shape index (κ2) is 6.76. The smallest absolute Gasteiger partial charge is 0.249 e. The molecule has 1 atom stereocenters. The van der Waals surface area contributed by atoms with Gasteiger partial charge in [-0.05, 0) is 30.7 Å². The number of nitrogens with one attached hydrogen (secondary N) is 2. The number of rotatable bonds is 6. The molecular weight excluding hydrogens is 320 g/mol. The lowest BCUT2D eigenvalue weighted by molar-refractivity contribution is -0.118. The van der Waals surface area contributed by atoms with Crippen molar-refractivity contribution in [2.24, 2.45) is 0 Å². The van der Waals surface area contributed by atoms with Gasteiger partial charge in [-0.15, -0.1) is 0 Å². The second-order valence-corrected chi connectivity index (χ2v) is 6.90. The van der Waals surface area contributed by atoms with E-state index in [0.717, 1.165) is 24.3 Å². The van der Waals surface area contributed by atoms with Crippen LogP contribution in [-0.4, -0.2) is 42.4 Å². The summed E-state index contributed by atoms with van der Waals surface area (Å²) in [6.45, 7) is 4.51. The van der Waals surface area contributed by atoms with Crippen molar-refractivity contribution in [1.82, 2.24) is 5.16 Å². The Bertz CT molecular complexity index is 739. The van der Waals surface area contributed by atoms with Crippen LogP contribution in [0.25, 0.3) is 0 Å². The molecule has 7 heteroatoms. The van der Waals surface area contributed by atoms with Crippen LogP contribution in [0.15, 0.2) is 34.9 Å². The molecule has 1 fully saturated rings. The molecule has 0 saturated carbocycles. The largest absolute Gasteiger partial charge is 0.395 e. The maximum atomic E-state index is 12.5. The van der Waals surface area contributed by atoms with Gasteiger partial charge in [0, 0.05) is 36.4 Å². The standard InChI is InChI=1S/C18H24N4O3/c1-18(2,11-23)15-10-16(25-21-15)20-17(24)14-8-9-22(14)13-6-4-12(19-3)5-7-13/h4-7,10,14,19,23H,8-9,11H2,1-3H3,(H,20,24)/t14-/m0/s1. The van der Waals surface area contributed by atoms with Gasteiger partial charge in [0.15, 0.2) is 0 Å². The summed E-state index contributed by atoms with van der Waals surface area (Å²) in [6.07, 6.45) is 0.794. The topological polar surface area (TPSA) is 90.6 Å². The first kappa shape index (κ1) is 17.3. The molecule has 0 aliphatic carbocycles. The number of aliphatic hydroxyl groups is 1. The van der Waals surface area contributed by atoms with Gasteiger partial charge in [0.05, 0.1) is 12.3 Å². The highest BCUT2D eigenvalue weighted by molar-refractivity contribution is 5.97. The van der Waals surface area contributed by atoms with Crippen molar-refractivity contribution >= 4 is 23.2 Å². The molecule has 2 heterocycles. The molecule has 1 aliphatic rings. The molecular formula is C18H24N4O3. The summed E-state index contributed by atoms with van der Waals surface area (Å²) in [6, 6.07) is 9.42. The van der Waals surface area contributed by atoms with Crippen LogP contribution in [0, 0.1) is 0 Å². The number of carbonyl (C=O) groups excluding carboxylic acids is 1. The molecule has 1 aromatic carbocycles. The highest BCUT2D eigenvalue weighted by Crippen LogP contribution is 2.29. The predicted molar refractivity (Wildman–Crippen MR) is 97.0 cm³/mol. The zero-order valence-corrected chi connectivity index (χ0v) is 14.7. The van der Waals surface area contributed by atoms with E-state index >= 15 is 0 Å². The molecule has 0 unspecified atom stereocenters. The molecule has 0 radical (unpaired) electrons. The third-order valence-electron chi connectivity index (χ3n) is 4.66. The number of benzene rings is 1. The van der Waals surface area contributed by atoms with Crippen LogP contribution in [-0.2, 0) is 10.2 Å². The van der Waals surface area contributed by atoms with Gasteiger partial charge < -0.3 is 19.8 Å². The fourth-order valence-corrected chi connectivity index (χ4v) is 2.73. The predicted octanol–water partition coefficient (Wildman–Crippen LogP) is 2.20. The van der Waals surface area contributed by atoms with Crippen molar-refractivity contribution in [1.29, 1.82) is 0 Å². The average molecular weight is 344 g/mol. The first-order chi connectivity index (χ1) is 11.9. The number of hydrogen-bond donors (Lipinski definition) is 3. The summed E-state index contributed by atoms with van der Waals surface area (Å²) in [5, 5.41) is 19.2. The minimum Gasteiger partial charge on any atom is -0.395 e. The van der Waals surface area contributed by atoms with Crippen molar-refractivity contribution in [3.8, 4) is 0 Å². The van der Waals surface area contributed by atoms with Gasteiger partial charge in [0.25, 0.3) is 0 Å². The van der Waals surface area contributed by atoms with Gasteiger partial charge in [-0.1, -0.05) is 19.0 Å². The van der Waals surface area contributed by atoms with Gasteiger partial charge in [-0.2, -0.15) is 0 Å². The zero-order chi connectivity index (χ0) is 18.0. The van der Waals surface area contributed by atoms with Crippen molar-refractivity contribution < 1.29 is 14.4 Å². The number of carbonyl (C=O) groups is 1. The highest BCUT2D eigenvalue weighted by atomic mass is 16.5. The van der Waals surface area contributed by atoms with E-state index in [9.17, 15) is 9.90 Å². The maximum Gasteiger partial charge on any atom is 0.249 e. The first-order valence-electron chi connectivity index (χ1n) is 8.38. The number of aliphatic hydroxyl groups excluding tert-OH is 1. The fraction of sp³-hybridized carbons (Fsp3) is 0.444. The number of hydrogen-bond acceptors (Lipinski definition) is 6. The lowest BCUT2D eigenvalue weighted by Gasteiger charge is -2.41. The summed E-state index contributed by atoms with van der Waals surface area (Å²) in [5.41, 5.74) is 2.15. The Hall–Kier alpha value is -2.54. The first-order valence-corrected chi connectivity index (χ1v) is 8.38. The summed E-state index contributed by atoms with van der Waals surface area (Å²) in [5.74, 6) is 0.187. The van der Waals surface area contributed by atoms with Gasteiger partial charge in [-0.25, -0.2) is 0 Å². The molecule has 1 aromatic heterocycles. The Kier molecular flexibility index (Phi) is 4.67. The van der Waals surface area contributed by atoms with Crippen molar-refractivity contribution in [3.05, 3.63) is 36.0 Å². The van der Waals surface area contributed by atoms with Crippen LogP contribution >= 0.6 is 0 Å². The van der Waals surface area contributed by atoms with Gasteiger partial charge in [0.1, 0.15) is 6.04 Å². The average Bonchev–Trinajstić information content (AvgIpc) is 3.03. The molecule has 0 spiro atoms. The van der Waals surface area contributed by atoms with Crippen molar-refractivity contribution in [3.63, 3.8) is 0 Å². The van der Waals surface area contributed by atoms with E-state index in [-0.39, 0.29) is 18.6 Å². The van der Waals surface area contributed by atoms with E-state index in [4.69, 9.17) is 4.52 Å². The lowest BCUT2D eigenvalue weighted by Crippen LogP contribution is -2.54. The Balaban J connectivity index is 1.65. The molecule has 1 aliphatic heterocycles. The summed E-state index contributed by atoms with van der Waals surface area (Å²) >= 11 is 0. The van der Waals surface area contributed by atoms with Crippen molar-refractivity contribution in [2.75, 3.05) is 35.7 Å². The number of nitrogens with zero attached hydrogens (tertiary/aromatic N) is 2. The molecule has 0 bridgehead atoms. The highest BCUT2D eigenvalue weighted by Gasteiger charge is 2.35. The second-order valence-electron chi connectivity index (χ2n) is 6.90. The van der Waals surface area contributed by atoms with Crippen LogP contribution < -0.4 is 15.5 Å². The number of anilines is 3. The molecule has 7 nitrogen and oxygen atoms in total. The molecule has 3 N–H and O–H groups in total. The van der Waals surface area contributed by atoms with Crippen LogP contribution in [0.2, 0.25) is 0 Å². The Morgan fingerprint density at radius 3 is 2.68 bits per heavy atom. The van der Waals surface area contributed by atoms with E-state index < -0.39 is 5.41 Å². The minimum absolute atomic E-state index is 0.0497. The Morgan fingerprint density at radius 1 is 1.40 bits per heavy atom. The monoisotopic (exact) mass is 344 g/mol. The van der Waals surface area contributed by atoms with Crippen LogP contribution in [0.4, 0.5) is 17.3 Å². The molecule has 3 rings (SSSR count). The molecule has 1 saturated heterocycles. The van der Waals surface area contributed by atoms with E-state index in [1.807, 2.05) is 45.2 Å². The fourth-order valence-electron chi connectivity index (χ4n) is 2.73. The summed E-state index contributed by atoms with van der Waals surface area (Å²) < 4.78 is 5.19. The summed E-state index contributed by atoms with van der Waals surface area (Å²) in [7, 11) is 1.87. The summed E-state index contributed by atoms with van der Waals surface area (Å²) in [4.78, 5) is 14.6. The van der Waals surface area contributed by atoms with Crippen LogP contribution in [0.1, 0.15) is 26.0 Å². The van der Waals surface area contributed by atoms with Gasteiger partial charge >= 0.3 is 0 Å². The van der Waals surface area contributed by atoms with E-state index in [1.54, 1.807) is 6.07 Å². The minimum atomic E-state index is -0.510. The third-order valence-corrected chi connectivity index (χ3v) is 4.66. The van der Waals surface area contributed by atoms with E-state index in [2.05, 4.69) is 20.7 Å². The molecule has 25 heavy (non-hydrogen) atoms. The molecule has 134 valence electrons. The SMILES string of the molecule is CNc1ccc(N2CC[C@H]2C(=O)Nc2cc(C(C)(C)CO)no2)cc1. The van der Waals surface area contributed by atoms with Crippen LogP contribution in [0.3, 0.4) is 0 Å². The molecule has 2 aromatic rings. The maximum absolute atomic E-state index is 12.5. The van der Waals surface area contributed by atoms with Crippen molar-refractivity contribution in [2.45, 2.75) is 31.7 Å². The van der Waals surface area contributed by atoms with E-state index in [1.165, 1.54) is 0 Å².